The molecule has 2 aromatic heterocycles. The number of hydrogen-bond acceptors (Lipinski definition) is 6. The lowest BCUT2D eigenvalue weighted by molar-refractivity contribution is 0.786. The first-order chi connectivity index (χ1) is 7.16. The summed E-state index contributed by atoms with van der Waals surface area (Å²) in [6.07, 6.45) is 3.24. The Kier molecular flexibility index (Phi) is 2.87. The van der Waals surface area contributed by atoms with Crippen LogP contribution in [0.3, 0.4) is 0 Å². The Morgan fingerprint density at radius 1 is 1.53 bits per heavy atom. The van der Waals surface area contributed by atoms with Gasteiger partial charge in [-0.15, -0.1) is 10.2 Å². The van der Waals surface area contributed by atoms with Crippen molar-refractivity contribution in [1.29, 1.82) is 0 Å². The molecule has 0 saturated carbocycles. The van der Waals surface area contributed by atoms with Gasteiger partial charge in [-0.3, -0.25) is 0 Å². The van der Waals surface area contributed by atoms with Gasteiger partial charge in [-0.1, -0.05) is 0 Å². The second-order valence-electron chi connectivity index (χ2n) is 2.71. The Labute approximate surface area is 98.5 Å². The zero-order valence-corrected chi connectivity index (χ0v) is 10.2. The number of nitrogens with zero attached hydrogens (tertiary/aromatic N) is 5. The van der Waals surface area contributed by atoms with E-state index in [4.69, 9.17) is 5.73 Å². The van der Waals surface area contributed by atoms with Crippen molar-refractivity contribution >= 4 is 33.6 Å². The standard InChI is InChI=1S/C7H7BrN6S/c1-14-3-11-13-7(14)15-5-4(8)2-10-6(9)12-5/h2-3H,1H3,(H2,9,10,12). The zero-order chi connectivity index (χ0) is 10.8. The van der Waals surface area contributed by atoms with Crippen molar-refractivity contribution in [2.75, 3.05) is 5.73 Å². The highest BCUT2D eigenvalue weighted by atomic mass is 79.9. The van der Waals surface area contributed by atoms with E-state index in [0.717, 1.165) is 14.7 Å². The van der Waals surface area contributed by atoms with Crippen molar-refractivity contribution in [1.82, 2.24) is 24.7 Å². The molecule has 0 radical (unpaired) electrons. The van der Waals surface area contributed by atoms with Gasteiger partial charge in [0, 0.05) is 13.2 Å². The molecule has 15 heavy (non-hydrogen) atoms. The Morgan fingerprint density at radius 2 is 2.33 bits per heavy atom. The molecule has 0 aliphatic carbocycles. The third-order valence-electron chi connectivity index (χ3n) is 1.59. The maximum Gasteiger partial charge on any atom is 0.221 e. The SMILES string of the molecule is Cn1cnnc1Sc1nc(N)ncc1Br. The fourth-order valence-corrected chi connectivity index (χ4v) is 2.06. The maximum absolute atomic E-state index is 5.50. The van der Waals surface area contributed by atoms with E-state index < -0.39 is 0 Å². The summed E-state index contributed by atoms with van der Waals surface area (Å²) in [5.74, 6) is 0.239. The van der Waals surface area contributed by atoms with E-state index >= 15 is 0 Å². The summed E-state index contributed by atoms with van der Waals surface area (Å²) < 4.78 is 2.58. The Balaban J connectivity index is 2.32. The molecule has 2 N–H and O–H groups in total. The predicted octanol–water partition coefficient (Wildman–Crippen LogP) is 1.10. The third-order valence-corrected chi connectivity index (χ3v) is 3.49. The lowest BCUT2D eigenvalue weighted by Gasteiger charge is -2.02. The molecule has 0 amide bonds. The molecular formula is C7H7BrN6S. The summed E-state index contributed by atoms with van der Waals surface area (Å²) in [6.45, 7) is 0. The first-order valence-electron chi connectivity index (χ1n) is 3.96. The molecule has 0 spiro atoms. The van der Waals surface area contributed by atoms with Crippen LogP contribution in [-0.4, -0.2) is 24.7 Å². The highest BCUT2D eigenvalue weighted by molar-refractivity contribution is 9.10. The van der Waals surface area contributed by atoms with Gasteiger partial charge >= 0.3 is 0 Å². The number of aryl methyl sites for hydroxylation is 1. The van der Waals surface area contributed by atoms with Gasteiger partial charge in [0.05, 0.1) is 4.47 Å². The molecule has 0 aliphatic heterocycles. The third kappa shape index (κ3) is 2.26. The number of hydrogen-bond donors (Lipinski definition) is 1. The van der Waals surface area contributed by atoms with Gasteiger partial charge in [-0.2, -0.15) is 0 Å². The molecule has 2 heterocycles. The summed E-state index contributed by atoms with van der Waals surface area (Å²) >= 11 is 4.71. The van der Waals surface area contributed by atoms with Gasteiger partial charge in [0.2, 0.25) is 5.95 Å². The molecule has 0 unspecified atom stereocenters. The van der Waals surface area contributed by atoms with Crippen LogP contribution in [0, 0.1) is 0 Å². The fraction of sp³-hybridized carbons (Fsp3) is 0.143. The largest absolute Gasteiger partial charge is 0.368 e. The lowest BCUT2D eigenvalue weighted by atomic mass is 10.7. The van der Waals surface area contributed by atoms with E-state index in [2.05, 4.69) is 36.1 Å². The van der Waals surface area contributed by atoms with Crippen molar-refractivity contribution < 1.29 is 0 Å². The first kappa shape index (κ1) is 10.4. The summed E-state index contributed by atoms with van der Waals surface area (Å²) in [7, 11) is 1.86. The smallest absolute Gasteiger partial charge is 0.221 e. The minimum absolute atomic E-state index is 0.239. The summed E-state index contributed by atoms with van der Waals surface area (Å²) in [4.78, 5) is 7.95. The highest BCUT2D eigenvalue weighted by Crippen LogP contribution is 2.29. The molecule has 0 atom stereocenters. The summed E-state index contributed by atoms with van der Waals surface area (Å²) in [6, 6.07) is 0. The van der Waals surface area contributed by atoms with Crippen LogP contribution in [-0.2, 0) is 7.05 Å². The molecule has 0 saturated heterocycles. The van der Waals surface area contributed by atoms with E-state index in [1.54, 1.807) is 17.1 Å². The molecule has 0 bridgehead atoms. The summed E-state index contributed by atoms with van der Waals surface area (Å²) in [5, 5.41) is 9.17. The molecule has 2 rings (SSSR count). The number of nitrogen functional groups attached to an aromatic ring is 1. The zero-order valence-electron chi connectivity index (χ0n) is 7.75. The fourth-order valence-electron chi connectivity index (χ4n) is 0.887. The normalized spacial score (nSPS) is 10.5. The number of halogens is 1. The lowest BCUT2D eigenvalue weighted by Crippen LogP contribution is -1.97. The minimum atomic E-state index is 0.239. The van der Waals surface area contributed by atoms with Gasteiger partial charge in [0.1, 0.15) is 11.4 Å². The maximum atomic E-state index is 5.50. The van der Waals surface area contributed by atoms with Gasteiger partial charge < -0.3 is 10.3 Å². The molecule has 8 heteroatoms. The van der Waals surface area contributed by atoms with E-state index in [1.807, 2.05) is 7.05 Å². The Bertz CT molecular complexity index is 484. The van der Waals surface area contributed by atoms with Crippen LogP contribution in [0.5, 0.6) is 0 Å². The molecule has 0 aliphatic rings. The van der Waals surface area contributed by atoms with Crippen molar-refractivity contribution in [3.05, 3.63) is 17.0 Å². The number of rotatable bonds is 2. The molecule has 2 aromatic rings. The second-order valence-corrected chi connectivity index (χ2v) is 4.52. The van der Waals surface area contributed by atoms with Gasteiger partial charge in [-0.25, -0.2) is 9.97 Å². The van der Waals surface area contributed by atoms with Crippen LogP contribution in [0.25, 0.3) is 0 Å². The number of anilines is 1. The topological polar surface area (TPSA) is 82.5 Å². The number of nitrogens with two attached hydrogens (primary N) is 1. The van der Waals surface area contributed by atoms with Crippen molar-refractivity contribution in [3.8, 4) is 0 Å². The Hall–Kier alpha value is -1.15. The highest BCUT2D eigenvalue weighted by Gasteiger charge is 2.09. The molecule has 0 fully saturated rings. The monoisotopic (exact) mass is 286 g/mol. The van der Waals surface area contributed by atoms with Crippen LogP contribution in [0.1, 0.15) is 0 Å². The van der Waals surface area contributed by atoms with Gasteiger partial charge in [-0.05, 0) is 27.7 Å². The van der Waals surface area contributed by atoms with E-state index in [0.29, 0.717) is 0 Å². The first-order valence-corrected chi connectivity index (χ1v) is 5.57. The van der Waals surface area contributed by atoms with E-state index in [1.165, 1.54) is 11.8 Å². The second kappa shape index (κ2) is 4.15. The van der Waals surface area contributed by atoms with Crippen molar-refractivity contribution in [3.63, 3.8) is 0 Å². The van der Waals surface area contributed by atoms with E-state index in [9.17, 15) is 0 Å². The van der Waals surface area contributed by atoms with Crippen LogP contribution < -0.4 is 5.73 Å². The molecule has 78 valence electrons. The molecule has 6 nitrogen and oxygen atoms in total. The van der Waals surface area contributed by atoms with Crippen LogP contribution in [0.15, 0.2) is 27.2 Å². The van der Waals surface area contributed by atoms with E-state index in [-0.39, 0.29) is 5.95 Å². The van der Waals surface area contributed by atoms with Crippen molar-refractivity contribution in [2.45, 2.75) is 10.2 Å². The Morgan fingerprint density at radius 3 is 3.00 bits per heavy atom. The minimum Gasteiger partial charge on any atom is -0.368 e. The van der Waals surface area contributed by atoms with Crippen molar-refractivity contribution in [2.24, 2.45) is 7.05 Å². The van der Waals surface area contributed by atoms with Crippen LogP contribution >= 0.6 is 27.7 Å². The van der Waals surface area contributed by atoms with Crippen LogP contribution in [0.4, 0.5) is 5.95 Å². The van der Waals surface area contributed by atoms with Gasteiger partial charge in [0.15, 0.2) is 5.16 Å². The average molecular weight is 287 g/mol. The van der Waals surface area contributed by atoms with Crippen LogP contribution in [0.2, 0.25) is 0 Å². The summed E-state index contributed by atoms with van der Waals surface area (Å²) in [5.41, 5.74) is 5.50. The number of aromatic nitrogens is 5. The van der Waals surface area contributed by atoms with Gasteiger partial charge in [0.25, 0.3) is 0 Å². The average Bonchev–Trinajstić information content (AvgIpc) is 2.58. The predicted molar refractivity (Wildman–Crippen MR) is 59.3 cm³/mol. The molecule has 0 aromatic carbocycles. The molecular weight excluding hydrogens is 280 g/mol. The quantitative estimate of drug-likeness (QED) is 0.833.